The number of amides is 1. The Balaban J connectivity index is 1.84. The van der Waals surface area contributed by atoms with Crippen molar-refractivity contribution in [2.45, 2.75) is 18.0 Å². The molecule has 0 saturated heterocycles. The topological polar surface area (TPSA) is 165 Å². The van der Waals surface area contributed by atoms with Crippen LogP contribution in [0.25, 0.3) is 10.8 Å². The number of benzene rings is 2. The average molecular weight is 498 g/mol. The largest absolute Gasteiger partial charge is 0.511 e. The van der Waals surface area contributed by atoms with Gasteiger partial charge in [0, 0.05) is 16.3 Å². The van der Waals surface area contributed by atoms with Crippen molar-refractivity contribution in [3.63, 3.8) is 0 Å². The summed E-state index contributed by atoms with van der Waals surface area (Å²) in [6, 6.07) is 8.46. The minimum absolute atomic E-state index is 0.0268. The number of sulfonamides is 1. The van der Waals surface area contributed by atoms with E-state index in [0.717, 1.165) is 0 Å². The van der Waals surface area contributed by atoms with Crippen LogP contribution >= 0.6 is 0 Å². The first-order valence-corrected chi connectivity index (χ1v) is 10.9. The second kappa shape index (κ2) is 9.52. The van der Waals surface area contributed by atoms with Crippen molar-refractivity contribution in [3.05, 3.63) is 71.7 Å². The molecule has 0 aliphatic rings. The molecule has 1 atom stereocenters. The summed E-state index contributed by atoms with van der Waals surface area (Å²) >= 11 is 0. The number of amidine groups is 1. The fraction of sp³-hybridized carbons (Fsp3) is 0.150. The van der Waals surface area contributed by atoms with Gasteiger partial charge >= 0.3 is 21.5 Å². The van der Waals surface area contributed by atoms with Crippen molar-refractivity contribution in [3.8, 4) is 0 Å². The lowest BCUT2D eigenvalue weighted by Gasteiger charge is -2.19. The number of halogens is 3. The molecule has 1 amide bonds. The number of nitrogens with one attached hydrogen (secondary N) is 3. The number of nitrogens with two attached hydrogens (primary N) is 1. The number of furan rings is 1. The number of carbonyl (C=O) groups excluding carboxylic acids is 2. The van der Waals surface area contributed by atoms with E-state index in [1.54, 1.807) is 11.5 Å². The summed E-state index contributed by atoms with van der Waals surface area (Å²) < 4.78 is 68.0. The molecule has 3 rings (SSSR count). The zero-order valence-electron chi connectivity index (χ0n) is 17.0. The van der Waals surface area contributed by atoms with Gasteiger partial charge in [0.1, 0.15) is 11.9 Å². The molecule has 0 saturated carbocycles. The van der Waals surface area contributed by atoms with Gasteiger partial charge in [-0.1, -0.05) is 36.4 Å². The Bertz CT molecular complexity index is 1340. The molecule has 0 radical (unpaired) electrons. The van der Waals surface area contributed by atoms with Gasteiger partial charge in [-0.3, -0.25) is 10.2 Å². The van der Waals surface area contributed by atoms with Crippen LogP contribution in [0.15, 0.2) is 59.4 Å². The second-order valence-electron chi connectivity index (χ2n) is 6.94. The Morgan fingerprint density at radius 3 is 2.41 bits per heavy atom. The number of nitrogen functional groups attached to an aromatic ring is 1. The average Bonchev–Trinajstić information content (AvgIpc) is 3.24. The van der Waals surface area contributed by atoms with Crippen LogP contribution in [0, 0.1) is 5.41 Å². The van der Waals surface area contributed by atoms with E-state index in [1.807, 2.05) is 0 Å². The lowest BCUT2D eigenvalue weighted by Crippen LogP contribution is -2.49. The molecule has 3 aromatic rings. The third-order valence-corrected chi connectivity index (χ3v) is 5.80. The standard InChI is InChI=1S/C20H17F3N4O6S/c21-20(22,23)34(30,31)27-15(8-11-4-2-1-3-5-11)19(29)33-26-18(28)16-13(17(24)25)7-6-12-9-32-10-14(12)16/h1-7,9-10,15,27H,8H2,(H3,24,25)(H,26,28). The molecular formula is C20H17F3N4O6S. The van der Waals surface area contributed by atoms with Gasteiger partial charge in [-0.25, -0.2) is 13.2 Å². The van der Waals surface area contributed by atoms with Crippen LogP contribution in [0.3, 0.4) is 0 Å². The first kappa shape index (κ1) is 24.7. The molecule has 180 valence electrons. The van der Waals surface area contributed by atoms with Crippen LogP contribution in [0.1, 0.15) is 21.5 Å². The van der Waals surface area contributed by atoms with Crippen LogP contribution < -0.4 is 15.9 Å². The number of hydrogen-bond donors (Lipinski definition) is 4. The van der Waals surface area contributed by atoms with Crippen molar-refractivity contribution >= 4 is 38.5 Å². The third kappa shape index (κ3) is 5.35. The SMILES string of the molecule is N=C(N)c1ccc2cocc2c1C(=O)NOC(=O)C(Cc1ccccc1)NS(=O)(=O)C(F)(F)F. The fourth-order valence-electron chi connectivity index (χ4n) is 3.01. The smallest absolute Gasteiger partial charge is 0.471 e. The number of fused-ring (bicyclic) bond motifs is 1. The minimum atomic E-state index is -5.91. The minimum Gasteiger partial charge on any atom is -0.471 e. The highest BCUT2D eigenvalue weighted by atomic mass is 32.2. The number of hydrogen-bond acceptors (Lipinski definition) is 7. The van der Waals surface area contributed by atoms with Gasteiger partial charge in [-0.2, -0.15) is 23.4 Å². The second-order valence-corrected chi connectivity index (χ2v) is 8.64. The molecule has 0 aliphatic heterocycles. The highest BCUT2D eigenvalue weighted by Crippen LogP contribution is 2.24. The lowest BCUT2D eigenvalue weighted by molar-refractivity contribution is -0.151. The van der Waals surface area contributed by atoms with E-state index in [-0.39, 0.29) is 16.5 Å². The Hall–Kier alpha value is -3.91. The van der Waals surface area contributed by atoms with Gasteiger partial charge in [0.15, 0.2) is 0 Å². The molecule has 1 heterocycles. The molecule has 1 aromatic heterocycles. The molecule has 0 fully saturated rings. The van der Waals surface area contributed by atoms with E-state index < -0.39 is 45.7 Å². The molecule has 5 N–H and O–H groups in total. The summed E-state index contributed by atoms with van der Waals surface area (Å²) in [4.78, 5) is 29.9. The van der Waals surface area contributed by atoms with E-state index in [4.69, 9.17) is 15.6 Å². The van der Waals surface area contributed by atoms with Crippen LogP contribution in [-0.2, 0) is 26.1 Å². The fourth-order valence-corrected chi connectivity index (χ4v) is 3.69. The summed E-state index contributed by atoms with van der Waals surface area (Å²) in [6.45, 7) is 0. The normalized spacial score (nSPS) is 12.8. The predicted molar refractivity (Wildman–Crippen MR) is 113 cm³/mol. The summed E-state index contributed by atoms with van der Waals surface area (Å²) in [7, 11) is -5.91. The van der Waals surface area contributed by atoms with Crippen molar-refractivity contribution < 1.29 is 40.4 Å². The van der Waals surface area contributed by atoms with E-state index >= 15 is 0 Å². The van der Waals surface area contributed by atoms with E-state index in [9.17, 15) is 31.2 Å². The molecule has 2 aromatic carbocycles. The zero-order chi connectivity index (χ0) is 25.1. The first-order valence-electron chi connectivity index (χ1n) is 9.37. The van der Waals surface area contributed by atoms with Crippen LogP contribution in [-0.4, -0.2) is 37.7 Å². The maximum Gasteiger partial charge on any atom is 0.511 e. The number of rotatable bonds is 7. The van der Waals surface area contributed by atoms with E-state index in [1.165, 1.54) is 53.6 Å². The monoisotopic (exact) mass is 498 g/mol. The Morgan fingerprint density at radius 2 is 1.79 bits per heavy atom. The molecule has 0 spiro atoms. The molecule has 10 nitrogen and oxygen atoms in total. The summed E-state index contributed by atoms with van der Waals surface area (Å²) in [5.74, 6) is -3.06. The highest BCUT2D eigenvalue weighted by molar-refractivity contribution is 7.90. The number of hydroxylamine groups is 1. The van der Waals surface area contributed by atoms with E-state index in [0.29, 0.717) is 10.9 Å². The number of carbonyl (C=O) groups is 2. The Kier molecular flexibility index (Phi) is 6.93. The zero-order valence-corrected chi connectivity index (χ0v) is 17.9. The van der Waals surface area contributed by atoms with Crippen LogP contribution in [0.5, 0.6) is 0 Å². The molecule has 34 heavy (non-hydrogen) atoms. The van der Waals surface area contributed by atoms with Gasteiger partial charge < -0.3 is 15.0 Å². The molecule has 0 bridgehead atoms. The van der Waals surface area contributed by atoms with Gasteiger partial charge in [0.05, 0.1) is 18.1 Å². The summed E-state index contributed by atoms with van der Waals surface area (Å²) in [5.41, 5.74) is 1.68. The van der Waals surface area contributed by atoms with Crippen LogP contribution in [0.4, 0.5) is 13.2 Å². The summed E-state index contributed by atoms with van der Waals surface area (Å²) in [5, 5.41) is 8.32. The molecule has 1 unspecified atom stereocenters. The van der Waals surface area contributed by atoms with Crippen molar-refractivity contribution in [2.75, 3.05) is 0 Å². The maximum atomic E-state index is 12.9. The molecule has 0 aliphatic carbocycles. The lowest BCUT2D eigenvalue weighted by atomic mass is 10.0. The van der Waals surface area contributed by atoms with Gasteiger partial charge in [0.2, 0.25) is 0 Å². The van der Waals surface area contributed by atoms with Gasteiger partial charge in [-0.05, 0) is 18.1 Å². The van der Waals surface area contributed by atoms with Crippen LogP contribution in [0.2, 0.25) is 0 Å². The number of alkyl halides is 3. The summed E-state index contributed by atoms with van der Waals surface area (Å²) in [6.07, 6.45) is 2.00. The third-order valence-electron chi connectivity index (χ3n) is 4.59. The quantitative estimate of drug-likeness (QED) is 0.220. The van der Waals surface area contributed by atoms with Crippen molar-refractivity contribution in [2.24, 2.45) is 5.73 Å². The van der Waals surface area contributed by atoms with E-state index in [2.05, 4.69) is 4.84 Å². The maximum absolute atomic E-state index is 12.9. The van der Waals surface area contributed by atoms with Crippen molar-refractivity contribution in [1.82, 2.24) is 10.2 Å². The Labute approximate surface area is 190 Å². The molecule has 14 heteroatoms. The molecular weight excluding hydrogens is 481 g/mol. The Morgan fingerprint density at radius 1 is 1.12 bits per heavy atom. The van der Waals surface area contributed by atoms with Crippen molar-refractivity contribution in [1.29, 1.82) is 5.41 Å². The highest BCUT2D eigenvalue weighted by Gasteiger charge is 2.48. The predicted octanol–water partition coefficient (Wildman–Crippen LogP) is 1.96. The first-order chi connectivity index (χ1) is 15.9. The van der Waals surface area contributed by atoms with Gasteiger partial charge in [0.25, 0.3) is 5.91 Å². The van der Waals surface area contributed by atoms with Gasteiger partial charge in [-0.15, -0.1) is 0 Å².